The lowest BCUT2D eigenvalue weighted by Crippen LogP contribution is -2.12. The van der Waals surface area contributed by atoms with Gasteiger partial charge in [0.05, 0.1) is 0 Å². The van der Waals surface area contributed by atoms with Gasteiger partial charge in [-0.1, -0.05) is 0 Å². The van der Waals surface area contributed by atoms with Crippen molar-refractivity contribution in [3.05, 3.63) is 35.3 Å². The first-order valence-electron chi connectivity index (χ1n) is 4.56. The lowest BCUT2D eigenvalue weighted by Gasteiger charge is -2.00. The Morgan fingerprint density at radius 3 is 2.81 bits per heavy atom. The number of rotatable bonds is 2. The number of carbonyl (C=O) groups is 1. The highest BCUT2D eigenvalue weighted by atomic mass is 19.1. The lowest BCUT2D eigenvalue weighted by molar-refractivity contribution is 0.0996. The summed E-state index contributed by atoms with van der Waals surface area (Å²) in [6.07, 6.45) is 0. The zero-order valence-electron chi connectivity index (χ0n) is 8.49. The predicted octanol–water partition coefficient (Wildman–Crippen LogP) is 1.02. The molecule has 1 heterocycles. The van der Waals surface area contributed by atoms with E-state index in [4.69, 9.17) is 5.73 Å². The van der Waals surface area contributed by atoms with Crippen LogP contribution in [0.4, 0.5) is 4.39 Å². The second-order valence-corrected chi connectivity index (χ2v) is 3.35. The number of aromatic nitrogens is 3. The average molecular weight is 220 g/mol. The molecule has 0 saturated heterocycles. The largest absolute Gasteiger partial charge is 0.364 e. The Kier molecular flexibility index (Phi) is 2.40. The van der Waals surface area contributed by atoms with E-state index in [-0.39, 0.29) is 11.5 Å². The molecule has 2 aromatic rings. The molecule has 0 bridgehead atoms. The normalized spacial score (nSPS) is 10.4. The van der Waals surface area contributed by atoms with E-state index >= 15 is 0 Å². The first kappa shape index (κ1) is 10.3. The summed E-state index contributed by atoms with van der Waals surface area (Å²) in [5, 5.41) is 9.78. The van der Waals surface area contributed by atoms with Crippen LogP contribution in [0.15, 0.2) is 18.2 Å². The van der Waals surface area contributed by atoms with Crippen LogP contribution in [0.3, 0.4) is 0 Å². The van der Waals surface area contributed by atoms with Crippen LogP contribution in [0.25, 0.3) is 11.3 Å². The van der Waals surface area contributed by atoms with Gasteiger partial charge in [0.25, 0.3) is 5.91 Å². The molecule has 0 fully saturated rings. The Balaban J connectivity index is 2.54. The van der Waals surface area contributed by atoms with Gasteiger partial charge in [-0.2, -0.15) is 15.4 Å². The predicted molar refractivity (Wildman–Crippen MR) is 55.0 cm³/mol. The highest BCUT2D eigenvalue weighted by Crippen LogP contribution is 2.21. The number of hydrogen-bond donors (Lipinski definition) is 2. The number of H-pyrrole nitrogens is 1. The molecule has 16 heavy (non-hydrogen) atoms. The van der Waals surface area contributed by atoms with Crippen molar-refractivity contribution in [1.29, 1.82) is 0 Å². The fourth-order valence-electron chi connectivity index (χ4n) is 1.40. The Morgan fingerprint density at radius 1 is 1.44 bits per heavy atom. The molecule has 5 nitrogen and oxygen atoms in total. The van der Waals surface area contributed by atoms with Crippen LogP contribution in [-0.2, 0) is 0 Å². The molecule has 0 radical (unpaired) electrons. The number of hydrogen-bond acceptors (Lipinski definition) is 3. The van der Waals surface area contributed by atoms with E-state index in [1.54, 1.807) is 13.0 Å². The Morgan fingerprint density at radius 2 is 2.19 bits per heavy atom. The first-order chi connectivity index (χ1) is 7.59. The summed E-state index contributed by atoms with van der Waals surface area (Å²) in [5.41, 5.74) is 6.57. The van der Waals surface area contributed by atoms with E-state index in [0.717, 1.165) is 0 Å². The summed E-state index contributed by atoms with van der Waals surface area (Å²) in [4.78, 5) is 11.0. The number of halogens is 1. The third-order valence-electron chi connectivity index (χ3n) is 2.21. The van der Waals surface area contributed by atoms with Gasteiger partial charge in [0.1, 0.15) is 11.5 Å². The SMILES string of the molecule is Cc1cc(-c2n[nH]nc2C(N)=O)ccc1F. The van der Waals surface area contributed by atoms with E-state index in [0.29, 0.717) is 16.8 Å². The number of carbonyl (C=O) groups excluding carboxylic acids is 1. The maximum atomic E-state index is 13.1. The number of aryl methyl sites for hydroxylation is 1. The van der Waals surface area contributed by atoms with Gasteiger partial charge >= 0.3 is 0 Å². The maximum absolute atomic E-state index is 13.1. The third-order valence-corrected chi connectivity index (χ3v) is 2.21. The molecule has 3 N–H and O–H groups in total. The van der Waals surface area contributed by atoms with Crippen LogP contribution in [0.5, 0.6) is 0 Å². The van der Waals surface area contributed by atoms with E-state index in [2.05, 4.69) is 15.4 Å². The molecular formula is C10H9FN4O. The van der Waals surface area contributed by atoms with Crippen LogP contribution in [0.1, 0.15) is 16.1 Å². The molecule has 82 valence electrons. The number of nitrogens with two attached hydrogens (primary N) is 1. The molecule has 0 saturated carbocycles. The summed E-state index contributed by atoms with van der Waals surface area (Å²) < 4.78 is 13.1. The highest BCUT2D eigenvalue weighted by molar-refractivity contribution is 5.96. The number of primary amides is 1. The fraction of sp³-hybridized carbons (Fsp3) is 0.100. The van der Waals surface area contributed by atoms with Gasteiger partial charge in [0.15, 0.2) is 5.69 Å². The smallest absolute Gasteiger partial charge is 0.271 e. The van der Waals surface area contributed by atoms with Crippen molar-refractivity contribution < 1.29 is 9.18 Å². The Hall–Kier alpha value is -2.24. The molecule has 0 aliphatic carbocycles. The molecule has 0 atom stereocenters. The zero-order chi connectivity index (χ0) is 11.7. The minimum Gasteiger partial charge on any atom is -0.364 e. The van der Waals surface area contributed by atoms with Gasteiger partial charge in [-0.25, -0.2) is 4.39 Å². The first-order valence-corrected chi connectivity index (χ1v) is 4.56. The number of aromatic amines is 1. The van der Waals surface area contributed by atoms with Crippen LogP contribution < -0.4 is 5.73 Å². The number of amides is 1. The minimum absolute atomic E-state index is 0.0472. The second-order valence-electron chi connectivity index (χ2n) is 3.35. The zero-order valence-corrected chi connectivity index (χ0v) is 8.49. The average Bonchev–Trinajstić information content (AvgIpc) is 2.71. The molecular weight excluding hydrogens is 211 g/mol. The molecule has 0 spiro atoms. The topological polar surface area (TPSA) is 84.7 Å². The number of nitrogens with zero attached hydrogens (tertiary/aromatic N) is 2. The fourth-order valence-corrected chi connectivity index (χ4v) is 1.40. The van der Waals surface area contributed by atoms with Gasteiger partial charge in [-0.15, -0.1) is 0 Å². The van der Waals surface area contributed by atoms with Gasteiger partial charge in [-0.05, 0) is 30.7 Å². The number of benzene rings is 1. The quantitative estimate of drug-likeness (QED) is 0.792. The van der Waals surface area contributed by atoms with Gasteiger partial charge < -0.3 is 5.73 Å². The molecule has 6 heteroatoms. The molecule has 1 aromatic heterocycles. The van der Waals surface area contributed by atoms with Crippen molar-refractivity contribution in [1.82, 2.24) is 15.4 Å². The minimum atomic E-state index is -0.675. The van der Waals surface area contributed by atoms with Crippen molar-refractivity contribution >= 4 is 5.91 Å². The van der Waals surface area contributed by atoms with Crippen molar-refractivity contribution in [2.45, 2.75) is 6.92 Å². The van der Waals surface area contributed by atoms with Crippen LogP contribution >= 0.6 is 0 Å². The monoisotopic (exact) mass is 220 g/mol. The molecule has 0 aliphatic rings. The van der Waals surface area contributed by atoms with Crippen LogP contribution in [-0.4, -0.2) is 21.3 Å². The summed E-state index contributed by atoms with van der Waals surface area (Å²) in [6.45, 7) is 1.63. The highest BCUT2D eigenvalue weighted by Gasteiger charge is 2.15. The molecule has 2 rings (SSSR count). The Labute approximate surface area is 90.5 Å². The van der Waals surface area contributed by atoms with Gasteiger partial charge in [0.2, 0.25) is 0 Å². The van der Waals surface area contributed by atoms with E-state index in [1.165, 1.54) is 12.1 Å². The third kappa shape index (κ3) is 1.65. The second kappa shape index (κ2) is 3.73. The van der Waals surface area contributed by atoms with E-state index < -0.39 is 5.91 Å². The number of nitrogens with one attached hydrogen (secondary N) is 1. The maximum Gasteiger partial charge on any atom is 0.271 e. The summed E-state index contributed by atoms with van der Waals surface area (Å²) in [7, 11) is 0. The van der Waals surface area contributed by atoms with Crippen molar-refractivity contribution in [2.24, 2.45) is 5.73 Å². The molecule has 1 aromatic carbocycles. The molecule has 0 unspecified atom stereocenters. The van der Waals surface area contributed by atoms with E-state index in [1.807, 2.05) is 0 Å². The van der Waals surface area contributed by atoms with Gasteiger partial charge in [-0.3, -0.25) is 4.79 Å². The Bertz CT molecular complexity index is 550. The van der Waals surface area contributed by atoms with E-state index in [9.17, 15) is 9.18 Å². The summed E-state index contributed by atoms with van der Waals surface area (Å²) in [6, 6.07) is 4.41. The van der Waals surface area contributed by atoms with Gasteiger partial charge in [0, 0.05) is 5.56 Å². The molecule has 1 amide bonds. The summed E-state index contributed by atoms with van der Waals surface area (Å²) in [5.74, 6) is -0.987. The molecule has 0 aliphatic heterocycles. The lowest BCUT2D eigenvalue weighted by atomic mass is 10.1. The van der Waals surface area contributed by atoms with Crippen LogP contribution in [0.2, 0.25) is 0 Å². The van der Waals surface area contributed by atoms with Crippen LogP contribution in [0, 0.1) is 12.7 Å². The standard InChI is InChI=1S/C10H9FN4O/c1-5-4-6(2-3-7(5)11)8-9(10(12)16)14-15-13-8/h2-4H,1H3,(H2,12,16)(H,13,14,15). The van der Waals surface area contributed by atoms with Crippen molar-refractivity contribution in [2.75, 3.05) is 0 Å². The van der Waals surface area contributed by atoms with Crippen molar-refractivity contribution in [3.8, 4) is 11.3 Å². The van der Waals surface area contributed by atoms with Crippen molar-refractivity contribution in [3.63, 3.8) is 0 Å². The summed E-state index contributed by atoms with van der Waals surface area (Å²) >= 11 is 0.